The summed E-state index contributed by atoms with van der Waals surface area (Å²) in [6.45, 7) is 6.15. The summed E-state index contributed by atoms with van der Waals surface area (Å²) in [7, 11) is 1.53. The molecule has 0 aliphatic heterocycles. The number of aromatic nitrogens is 3. The lowest BCUT2D eigenvalue weighted by molar-refractivity contribution is -0.113. The van der Waals surface area contributed by atoms with Gasteiger partial charge in [-0.3, -0.25) is 9.36 Å². The van der Waals surface area contributed by atoms with Crippen molar-refractivity contribution in [2.75, 3.05) is 18.2 Å². The number of anilines is 1. The Kier molecular flexibility index (Phi) is 7.42. The third-order valence-electron chi connectivity index (χ3n) is 4.23. The Labute approximate surface area is 189 Å². The SMILES string of the molecule is C=CCn1c(SCC(=O)Nc2cc(C)c(Cl)cc2OC)nnc1-c1ccccc1Cl. The molecule has 1 heterocycles. The van der Waals surface area contributed by atoms with E-state index < -0.39 is 0 Å². The van der Waals surface area contributed by atoms with Gasteiger partial charge in [0.15, 0.2) is 11.0 Å². The molecule has 0 unspecified atom stereocenters. The molecule has 0 spiro atoms. The predicted octanol–water partition coefficient (Wildman–Crippen LogP) is 5.49. The number of ether oxygens (including phenoxy) is 1. The molecule has 2 aromatic carbocycles. The van der Waals surface area contributed by atoms with Crippen LogP contribution in [0, 0.1) is 6.92 Å². The van der Waals surface area contributed by atoms with E-state index in [1.165, 1.54) is 18.9 Å². The van der Waals surface area contributed by atoms with E-state index in [0.717, 1.165) is 11.1 Å². The number of nitrogens with zero attached hydrogens (tertiary/aromatic N) is 3. The number of thioether (sulfide) groups is 1. The maximum atomic E-state index is 12.5. The number of benzene rings is 2. The largest absolute Gasteiger partial charge is 0.495 e. The second-order valence-electron chi connectivity index (χ2n) is 6.32. The van der Waals surface area contributed by atoms with Crippen LogP contribution in [-0.4, -0.2) is 33.5 Å². The molecule has 0 atom stereocenters. The van der Waals surface area contributed by atoms with Crippen molar-refractivity contribution in [1.82, 2.24) is 14.8 Å². The predicted molar refractivity (Wildman–Crippen MR) is 123 cm³/mol. The zero-order chi connectivity index (χ0) is 21.7. The van der Waals surface area contributed by atoms with E-state index in [2.05, 4.69) is 22.1 Å². The van der Waals surface area contributed by atoms with Gasteiger partial charge in [-0.2, -0.15) is 0 Å². The monoisotopic (exact) mass is 462 g/mol. The third-order valence-corrected chi connectivity index (χ3v) is 5.93. The van der Waals surface area contributed by atoms with Crippen LogP contribution in [-0.2, 0) is 11.3 Å². The maximum absolute atomic E-state index is 12.5. The van der Waals surface area contributed by atoms with Crippen molar-refractivity contribution in [3.8, 4) is 17.1 Å². The van der Waals surface area contributed by atoms with Gasteiger partial charge in [0.25, 0.3) is 0 Å². The van der Waals surface area contributed by atoms with E-state index in [0.29, 0.717) is 39.0 Å². The van der Waals surface area contributed by atoms with Crippen molar-refractivity contribution >= 4 is 46.6 Å². The van der Waals surface area contributed by atoms with Gasteiger partial charge in [-0.15, -0.1) is 16.8 Å². The van der Waals surface area contributed by atoms with Crippen LogP contribution in [0.25, 0.3) is 11.4 Å². The zero-order valence-electron chi connectivity index (χ0n) is 16.5. The van der Waals surface area contributed by atoms with E-state index in [4.69, 9.17) is 27.9 Å². The first-order valence-electron chi connectivity index (χ1n) is 9.00. The lowest BCUT2D eigenvalue weighted by atomic mass is 10.2. The summed E-state index contributed by atoms with van der Waals surface area (Å²) < 4.78 is 7.18. The summed E-state index contributed by atoms with van der Waals surface area (Å²) in [5.41, 5.74) is 2.18. The number of hydrogen-bond acceptors (Lipinski definition) is 5. The number of amides is 1. The number of methoxy groups -OCH3 is 1. The summed E-state index contributed by atoms with van der Waals surface area (Å²) in [6, 6.07) is 10.9. The van der Waals surface area contributed by atoms with Gasteiger partial charge in [0.2, 0.25) is 5.91 Å². The minimum Gasteiger partial charge on any atom is -0.495 e. The van der Waals surface area contributed by atoms with Crippen molar-refractivity contribution in [1.29, 1.82) is 0 Å². The first-order chi connectivity index (χ1) is 14.4. The van der Waals surface area contributed by atoms with Gasteiger partial charge in [0.1, 0.15) is 5.75 Å². The number of carbonyl (C=O) groups is 1. The highest BCUT2D eigenvalue weighted by Crippen LogP contribution is 2.32. The molecule has 1 N–H and O–H groups in total. The van der Waals surface area contributed by atoms with Crippen LogP contribution >= 0.6 is 35.0 Å². The Morgan fingerprint density at radius 1 is 1.27 bits per heavy atom. The highest BCUT2D eigenvalue weighted by Gasteiger charge is 2.17. The number of allylic oxidation sites excluding steroid dienone is 1. The molecule has 9 heteroatoms. The Balaban J connectivity index is 1.76. The highest BCUT2D eigenvalue weighted by molar-refractivity contribution is 7.99. The summed E-state index contributed by atoms with van der Waals surface area (Å²) in [5.74, 6) is 1.06. The average Bonchev–Trinajstić information content (AvgIpc) is 3.12. The second-order valence-corrected chi connectivity index (χ2v) is 8.08. The first-order valence-corrected chi connectivity index (χ1v) is 10.7. The molecular formula is C21H20Cl2N4O2S. The quantitative estimate of drug-likeness (QED) is 0.354. The number of halogens is 2. The van der Waals surface area contributed by atoms with Crippen LogP contribution in [0.4, 0.5) is 5.69 Å². The van der Waals surface area contributed by atoms with Crippen LogP contribution < -0.4 is 10.1 Å². The first kappa shape index (κ1) is 22.2. The Morgan fingerprint density at radius 2 is 2.03 bits per heavy atom. The van der Waals surface area contributed by atoms with E-state index in [1.807, 2.05) is 29.7 Å². The molecule has 3 aromatic rings. The van der Waals surface area contributed by atoms with Gasteiger partial charge in [0, 0.05) is 23.2 Å². The van der Waals surface area contributed by atoms with Crippen molar-refractivity contribution < 1.29 is 9.53 Å². The number of aryl methyl sites for hydroxylation is 1. The average molecular weight is 463 g/mol. The van der Waals surface area contributed by atoms with Gasteiger partial charge in [-0.25, -0.2) is 0 Å². The molecule has 0 aliphatic rings. The summed E-state index contributed by atoms with van der Waals surface area (Å²) in [6.07, 6.45) is 1.75. The third kappa shape index (κ3) is 4.98. The Bertz CT molecular complexity index is 1080. The summed E-state index contributed by atoms with van der Waals surface area (Å²) >= 11 is 13.7. The molecule has 1 amide bonds. The molecule has 0 saturated heterocycles. The standard InChI is InChI=1S/C21H20Cl2N4O2S/c1-4-9-27-20(14-7-5-6-8-15(14)22)25-26-21(27)30-12-19(28)24-17-10-13(2)16(23)11-18(17)29-3/h4-8,10-11H,1,9,12H2,2-3H3,(H,24,28). The van der Waals surface area contributed by atoms with E-state index in [-0.39, 0.29) is 11.7 Å². The Hall–Kier alpha value is -2.48. The molecule has 0 fully saturated rings. The lowest BCUT2D eigenvalue weighted by Crippen LogP contribution is -2.15. The van der Waals surface area contributed by atoms with Crippen molar-refractivity contribution in [2.45, 2.75) is 18.6 Å². The molecule has 3 rings (SSSR count). The molecule has 0 bridgehead atoms. The molecule has 0 aliphatic carbocycles. The lowest BCUT2D eigenvalue weighted by Gasteiger charge is -2.12. The van der Waals surface area contributed by atoms with Crippen LogP contribution in [0.1, 0.15) is 5.56 Å². The highest BCUT2D eigenvalue weighted by atomic mass is 35.5. The van der Waals surface area contributed by atoms with Crippen LogP contribution in [0.5, 0.6) is 5.75 Å². The van der Waals surface area contributed by atoms with Gasteiger partial charge < -0.3 is 10.1 Å². The molecule has 6 nitrogen and oxygen atoms in total. The number of hydrogen-bond donors (Lipinski definition) is 1. The van der Waals surface area contributed by atoms with Crippen molar-refractivity contribution in [2.24, 2.45) is 0 Å². The fraction of sp³-hybridized carbons (Fsp3) is 0.190. The number of carbonyl (C=O) groups excluding carboxylic acids is 1. The van der Waals surface area contributed by atoms with Crippen LogP contribution in [0.3, 0.4) is 0 Å². The topological polar surface area (TPSA) is 69.0 Å². The molecule has 156 valence electrons. The van der Waals surface area contributed by atoms with Gasteiger partial charge in [0.05, 0.1) is 23.6 Å². The molecule has 30 heavy (non-hydrogen) atoms. The fourth-order valence-corrected chi connectivity index (χ4v) is 3.90. The maximum Gasteiger partial charge on any atom is 0.234 e. The van der Waals surface area contributed by atoms with Crippen LogP contribution in [0.2, 0.25) is 10.0 Å². The smallest absolute Gasteiger partial charge is 0.234 e. The van der Waals surface area contributed by atoms with Gasteiger partial charge >= 0.3 is 0 Å². The van der Waals surface area contributed by atoms with E-state index in [1.54, 1.807) is 24.3 Å². The molecule has 0 radical (unpaired) electrons. The minimum atomic E-state index is -0.201. The normalized spacial score (nSPS) is 10.7. The van der Waals surface area contributed by atoms with Crippen molar-refractivity contribution in [3.63, 3.8) is 0 Å². The van der Waals surface area contributed by atoms with Gasteiger partial charge in [-0.05, 0) is 30.7 Å². The minimum absolute atomic E-state index is 0.141. The molecular weight excluding hydrogens is 443 g/mol. The Morgan fingerprint density at radius 3 is 2.73 bits per heavy atom. The summed E-state index contributed by atoms with van der Waals surface area (Å²) in [5, 5.41) is 13.1. The van der Waals surface area contributed by atoms with Crippen molar-refractivity contribution in [3.05, 3.63) is 64.7 Å². The van der Waals surface area contributed by atoms with E-state index >= 15 is 0 Å². The fourth-order valence-electron chi connectivity index (χ4n) is 2.78. The molecule has 0 saturated carbocycles. The van der Waals surface area contributed by atoms with Gasteiger partial charge in [-0.1, -0.05) is 53.2 Å². The second kappa shape index (κ2) is 10.0. The van der Waals surface area contributed by atoms with E-state index in [9.17, 15) is 4.79 Å². The number of nitrogens with one attached hydrogen (secondary N) is 1. The number of rotatable bonds is 8. The molecule has 1 aromatic heterocycles. The summed E-state index contributed by atoms with van der Waals surface area (Å²) in [4.78, 5) is 12.5. The zero-order valence-corrected chi connectivity index (χ0v) is 18.8. The van der Waals surface area contributed by atoms with Crippen LogP contribution in [0.15, 0.2) is 54.2 Å².